The molecule has 0 unspecified atom stereocenters. The minimum absolute atomic E-state index is 0.0552. The average molecular weight is 267 g/mol. The summed E-state index contributed by atoms with van der Waals surface area (Å²) in [6.45, 7) is 0. The Bertz CT molecular complexity index is 715. The Morgan fingerprint density at radius 1 is 1.10 bits per heavy atom. The molecule has 1 aromatic carbocycles. The lowest BCUT2D eigenvalue weighted by atomic mass is 10.2. The minimum Gasteiger partial charge on any atom is -0.481 e. The maximum absolute atomic E-state index is 11.0. The molecule has 5 heteroatoms. The van der Waals surface area contributed by atoms with Gasteiger partial charge < -0.3 is 9.67 Å². The summed E-state index contributed by atoms with van der Waals surface area (Å²) in [4.78, 5) is 11.0. The summed E-state index contributed by atoms with van der Waals surface area (Å²) in [6.07, 6.45) is 5.31. The van der Waals surface area contributed by atoms with Gasteiger partial charge in [0.15, 0.2) is 0 Å². The summed E-state index contributed by atoms with van der Waals surface area (Å²) in [7, 11) is 0. The van der Waals surface area contributed by atoms with E-state index in [0.29, 0.717) is 5.56 Å². The van der Waals surface area contributed by atoms with Gasteiger partial charge in [0.05, 0.1) is 18.3 Å². The number of rotatable bonds is 4. The highest BCUT2D eigenvalue weighted by molar-refractivity contribution is 5.71. The number of benzene rings is 1. The zero-order valence-corrected chi connectivity index (χ0v) is 10.7. The third kappa shape index (κ3) is 2.21. The van der Waals surface area contributed by atoms with Crippen molar-refractivity contribution < 1.29 is 9.90 Å². The molecule has 0 aliphatic heterocycles. The predicted molar refractivity (Wildman–Crippen MR) is 74.2 cm³/mol. The van der Waals surface area contributed by atoms with Gasteiger partial charge in [-0.05, 0) is 24.3 Å². The Morgan fingerprint density at radius 2 is 1.80 bits per heavy atom. The van der Waals surface area contributed by atoms with E-state index in [1.165, 1.54) is 0 Å². The van der Waals surface area contributed by atoms with Gasteiger partial charge in [-0.3, -0.25) is 4.79 Å². The summed E-state index contributed by atoms with van der Waals surface area (Å²) in [6, 6.07) is 13.4. The molecule has 0 aliphatic carbocycles. The van der Waals surface area contributed by atoms with Crippen LogP contribution in [0.25, 0.3) is 11.5 Å². The molecule has 0 spiro atoms. The van der Waals surface area contributed by atoms with Crippen LogP contribution in [0, 0.1) is 0 Å². The standard InChI is InChI=1S/C15H13N3O2/c19-14(20)10-12-11-16-18(13-6-2-1-3-7-13)15(12)17-8-4-5-9-17/h1-9,11H,10H2,(H,19,20). The molecule has 0 fully saturated rings. The number of hydrogen-bond acceptors (Lipinski definition) is 2. The van der Waals surface area contributed by atoms with Crippen molar-refractivity contribution in [1.29, 1.82) is 0 Å². The van der Waals surface area contributed by atoms with Crippen LogP contribution in [0.2, 0.25) is 0 Å². The SMILES string of the molecule is O=C(O)Cc1cnn(-c2ccccc2)c1-n1cccc1. The van der Waals surface area contributed by atoms with E-state index in [-0.39, 0.29) is 6.42 Å². The lowest BCUT2D eigenvalue weighted by Crippen LogP contribution is -2.08. The molecule has 3 rings (SSSR count). The summed E-state index contributed by atoms with van der Waals surface area (Å²) in [5.41, 5.74) is 1.57. The molecule has 0 saturated carbocycles. The van der Waals surface area contributed by atoms with Gasteiger partial charge in [-0.1, -0.05) is 18.2 Å². The van der Waals surface area contributed by atoms with E-state index in [9.17, 15) is 4.79 Å². The lowest BCUT2D eigenvalue weighted by molar-refractivity contribution is -0.136. The molecule has 0 atom stereocenters. The fourth-order valence-corrected chi connectivity index (χ4v) is 2.17. The molecular weight excluding hydrogens is 254 g/mol. The topological polar surface area (TPSA) is 60.0 Å². The number of nitrogens with zero attached hydrogens (tertiary/aromatic N) is 3. The molecule has 2 aromatic heterocycles. The van der Waals surface area contributed by atoms with Crippen molar-refractivity contribution in [3.63, 3.8) is 0 Å². The Morgan fingerprint density at radius 3 is 2.45 bits per heavy atom. The predicted octanol–water partition coefficient (Wildman–Crippen LogP) is 2.29. The van der Waals surface area contributed by atoms with E-state index in [1.807, 2.05) is 59.4 Å². The first-order chi connectivity index (χ1) is 9.75. The van der Waals surface area contributed by atoms with Crippen LogP contribution in [-0.2, 0) is 11.2 Å². The maximum atomic E-state index is 11.0. The van der Waals surface area contributed by atoms with Crippen LogP contribution < -0.4 is 0 Å². The monoisotopic (exact) mass is 267 g/mol. The molecule has 20 heavy (non-hydrogen) atoms. The third-order valence-corrected chi connectivity index (χ3v) is 3.01. The first-order valence-corrected chi connectivity index (χ1v) is 6.23. The number of aliphatic carboxylic acids is 1. The molecule has 5 nitrogen and oxygen atoms in total. The summed E-state index contributed by atoms with van der Waals surface area (Å²) in [5.74, 6) is -0.116. The van der Waals surface area contributed by atoms with Crippen LogP contribution >= 0.6 is 0 Å². The van der Waals surface area contributed by atoms with Gasteiger partial charge in [0.25, 0.3) is 0 Å². The van der Waals surface area contributed by atoms with Crippen LogP contribution in [0.15, 0.2) is 61.1 Å². The van der Waals surface area contributed by atoms with E-state index < -0.39 is 5.97 Å². The second-order valence-corrected chi connectivity index (χ2v) is 4.40. The van der Waals surface area contributed by atoms with E-state index in [0.717, 1.165) is 11.5 Å². The Balaban J connectivity index is 2.16. The van der Waals surface area contributed by atoms with Crippen molar-refractivity contribution in [2.45, 2.75) is 6.42 Å². The molecule has 0 radical (unpaired) electrons. The van der Waals surface area contributed by atoms with Gasteiger partial charge in [-0.25, -0.2) is 4.68 Å². The van der Waals surface area contributed by atoms with Crippen molar-refractivity contribution in [1.82, 2.24) is 14.3 Å². The lowest BCUT2D eigenvalue weighted by Gasteiger charge is -2.10. The van der Waals surface area contributed by atoms with Gasteiger partial charge in [0.2, 0.25) is 0 Å². The quantitative estimate of drug-likeness (QED) is 0.789. The van der Waals surface area contributed by atoms with E-state index >= 15 is 0 Å². The van der Waals surface area contributed by atoms with Crippen LogP contribution in [0.1, 0.15) is 5.56 Å². The molecule has 2 heterocycles. The fourth-order valence-electron chi connectivity index (χ4n) is 2.17. The number of para-hydroxylation sites is 1. The molecule has 0 amide bonds. The maximum Gasteiger partial charge on any atom is 0.308 e. The van der Waals surface area contributed by atoms with Crippen molar-refractivity contribution >= 4 is 5.97 Å². The van der Waals surface area contributed by atoms with Crippen LogP contribution in [0.3, 0.4) is 0 Å². The zero-order chi connectivity index (χ0) is 13.9. The summed E-state index contributed by atoms with van der Waals surface area (Å²) in [5, 5.41) is 13.4. The van der Waals surface area contributed by atoms with E-state index in [1.54, 1.807) is 10.9 Å². The van der Waals surface area contributed by atoms with Gasteiger partial charge in [-0.15, -0.1) is 0 Å². The Hall–Kier alpha value is -2.82. The van der Waals surface area contributed by atoms with Crippen LogP contribution in [0.4, 0.5) is 0 Å². The smallest absolute Gasteiger partial charge is 0.308 e. The summed E-state index contributed by atoms with van der Waals surface area (Å²) >= 11 is 0. The first kappa shape index (κ1) is 12.2. The van der Waals surface area contributed by atoms with Gasteiger partial charge in [0, 0.05) is 18.0 Å². The Kier molecular flexibility index (Phi) is 3.09. The highest BCUT2D eigenvalue weighted by atomic mass is 16.4. The van der Waals surface area contributed by atoms with E-state index in [2.05, 4.69) is 5.10 Å². The average Bonchev–Trinajstić information content (AvgIpc) is 3.07. The van der Waals surface area contributed by atoms with Crippen LogP contribution in [0.5, 0.6) is 0 Å². The summed E-state index contributed by atoms with van der Waals surface area (Å²) < 4.78 is 3.62. The first-order valence-electron chi connectivity index (χ1n) is 6.23. The number of carboxylic acid groups (broad SMARTS) is 1. The molecule has 0 saturated heterocycles. The zero-order valence-electron chi connectivity index (χ0n) is 10.7. The second kappa shape index (κ2) is 5.05. The van der Waals surface area contributed by atoms with Crippen molar-refractivity contribution in [3.05, 3.63) is 66.6 Å². The molecule has 1 N–H and O–H groups in total. The highest BCUT2D eigenvalue weighted by Crippen LogP contribution is 2.20. The number of carbonyl (C=O) groups is 1. The Labute approximate surface area is 115 Å². The van der Waals surface area contributed by atoms with E-state index in [4.69, 9.17) is 5.11 Å². The second-order valence-electron chi connectivity index (χ2n) is 4.40. The van der Waals surface area contributed by atoms with Gasteiger partial charge in [0.1, 0.15) is 5.82 Å². The normalized spacial score (nSPS) is 10.6. The number of hydrogen-bond donors (Lipinski definition) is 1. The highest BCUT2D eigenvalue weighted by Gasteiger charge is 2.15. The minimum atomic E-state index is -0.869. The molecule has 0 aliphatic rings. The largest absolute Gasteiger partial charge is 0.481 e. The molecule has 0 bridgehead atoms. The molecule has 3 aromatic rings. The number of carboxylic acids is 1. The fraction of sp³-hybridized carbons (Fsp3) is 0.0667. The van der Waals surface area contributed by atoms with Crippen molar-refractivity contribution in [2.24, 2.45) is 0 Å². The van der Waals surface area contributed by atoms with Gasteiger partial charge in [-0.2, -0.15) is 5.10 Å². The molecule has 100 valence electrons. The van der Waals surface area contributed by atoms with Crippen molar-refractivity contribution in [3.8, 4) is 11.5 Å². The third-order valence-electron chi connectivity index (χ3n) is 3.01. The van der Waals surface area contributed by atoms with Gasteiger partial charge >= 0.3 is 5.97 Å². The number of aromatic nitrogens is 3. The van der Waals surface area contributed by atoms with Crippen LogP contribution in [-0.4, -0.2) is 25.4 Å². The van der Waals surface area contributed by atoms with Crippen molar-refractivity contribution in [2.75, 3.05) is 0 Å². The molecular formula is C15H13N3O2.